The number of nitrogens with zero attached hydrogens (tertiary/aromatic N) is 2. The van der Waals surface area contributed by atoms with Crippen molar-refractivity contribution >= 4 is 23.6 Å². The zero-order valence-corrected chi connectivity index (χ0v) is 20.3. The molecule has 0 saturated heterocycles. The molecule has 8 nitrogen and oxygen atoms in total. The molecule has 1 aromatic heterocycles. The second-order valence-corrected chi connectivity index (χ2v) is 9.70. The van der Waals surface area contributed by atoms with Crippen molar-refractivity contribution in [3.05, 3.63) is 60.9 Å². The second-order valence-electron chi connectivity index (χ2n) is 9.70. The molecule has 0 aliphatic heterocycles. The maximum Gasteiger partial charge on any atom is 0.412 e. The van der Waals surface area contributed by atoms with E-state index in [1.807, 2.05) is 65.8 Å². The lowest BCUT2D eigenvalue weighted by atomic mass is 10.1. The van der Waals surface area contributed by atoms with Gasteiger partial charge in [-0.1, -0.05) is 24.3 Å². The lowest BCUT2D eigenvalue weighted by Crippen LogP contribution is -2.27. The highest BCUT2D eigenvalue weighted by atomic mass is 16.6. The number of rotatable bonds is 4. The maximum absolute atomic E-state index is 11.9. The number of aromatic nitrogens is 2. The summed E-state index contributed by atoms with van der Waals surface area (Å²) in [6.07, 6.45) is 2.38. The Labute approximate surface area is 199 Å². The van der Waals surface area contributed by atoms with Crippen LogP contribution in [0.5, 0.6) is 0 Å². The standard InChI is InChI=1S/C26H30N4O4/c1-25(2,3)33-23(31)29-19-11-7-17(8-12-19)21-15-28-22(16-27-21)18-9-13-20(14-10-18)30-24(32)34-26(4,5)6/h7-16H,1-6H3,(H,29,31)(H,30,32). The Morgan fingerprint density at radius 2 is 0.941 bits per heavy atom. The molecule has 0 unspecified atom stereocenters. The summed E-state index contributed by atoms with van der Waals surface area (Å²) in [5.74, 6) is 0. The number of amides is 2. The van der Waals surface area contributed by atoms with Gasteiger partial charge in [0.25, 0.3) is 0 Å². The molecule has 0 atom stereocenters. The normalized spacial score (nSPS) is 11.5. The van der Waals surface area contributed by atoms with Gasteiger partial charge in [-0.3, -0.25) is 20.6 Å². The first-order valence-electron chi connectivity index (χ1n) is 10.9. The van der Waals surface area contributed by atoms with E-state index >= 15 is 0 Å². The van der Waals surface area contributed by atoms with Crippen molar-refractivity contribution < 1.29 is 19.1 Å². The lowest BCUT2D eigenvalue weighted by molar-refractivity contribution is 0.0624. The molecule has 178 valence electrons. The molecule has 2 N–H and O–H groups in total. The van der Waals surface area contributed by atoms with Crippen LogP contribution in [0.25, 0.3) is 22.5 Å². The van der Waals surface area contributed by atoms with Crippen molar-refractivity contribution in [3.63, 3.8) is 0 Å². The number of anilines is 2. The van der Waals surface area contributed by atoms with Crippen LogP contribution in [-0.4, -0.2) is 33.4 Å². The average molecular weight is 463 g/mol. The van der Waals surface area contributed by atoms with Crippen molar-refractivity contribution in [3.8, 4) is 22.5 Å². The highest BCUT2D eigenvalue weighted by Crippen LogP contribution is 2.23. The topological polar surface area (TPSA) is 102 Å². The van der Waals surface area contributed by atoms with E-state index in [0.29, 0.717) is 22.8 Å². The molecule has 0 bridgehead atoms. The zero-order valence-electron chi connectivity index (χ0n) is 20.3. The molecule has 0 fully saturated rings. The molecule has 0 radical (unpaired) electrons. The van der Waals surface area contributed by atoms with Gasteiger partial charge in [0.05, 0.1) is 23.8 Å². The van der Waals surface area contributed by atoms with Gasteiger partial charge in [0.2, 0.25) is 0 Å². The van der Waals surface area contributed by atoms with E-state index in [9.17, 15) is 9.59 Å². The van der Waals surface area contributed by atoms with Crippen molar-refractivity contribution in [2.75, 3.05) is 10.6 Å². The minimum Gasteiger partial charge on any atom is -0.444 e. The number of carbonyl (C=O) groups excluding carboxylic acids is 2. The number of benzene rings is 2. The van der Waals surface area contributed by atoms with Crippen molar-refractivity contribution in [1.82, 2.24) is 9.97 Å². The fourth-order valence-corrected chi connectivity index (χ4v) is 2.92. The largest absolute Gasteiger partial charge is 0.444 e. The number of hydrogen-bond donors (Lipinski definition) is 2. The maximum atomic E-state index is 11.9. The van der Waals surface area contributed by atoms with E-state index < -0.39 is 23.4 Å². The molecule has 8 heteroatoms. The highest BCUT2D eigenvalue weighted by molar-refractivity contribution is 5.86. The van der Waals surface area contributed by atoms with Crippen LogP contribution >= 0.6 is 0 Å². The van der Waals surface area contributed by atoms with Crippen LogP contribution in [0.15, 0.2) is 60.9 Å². The molecule has 34 heavy (non-hydrogen) atoms. The highest BCUT2D eigenvalue weighted by Gasteiger charge is 2.17. The van der Waals surface area contributed by atoms with E-state index in [1.54, 1.807) is 36.7 Å². The molecule has 2 aromatic carbocycles. The van der Waals surface area contributed by atoms with Crippen LogP contribution in [0.2, 0.25) is 0 Å². The van der Waals surface area contributed by atoms with Gasteiger partial charge in [-0.15, -0.1) is 0 Å². The zero-order chi connectivity index (χ0) is 24.9. The SMILES string of the molecule is CC(C)(C)OC(=O)Nc1ccc(-c2cnc(-c3ccc(NC(=O)OC(C)(C)C)cc3)cn2)cc1. The molecule has 1 heterocycles. The molecule has 0 aliphatic carbocycles. The van der Waals surface area contributed by atoms with Crippen LogP contribution in [-0.2, 0) is 9.47 Å². The Hall–Kier alpha value is -3.94. The lowest BCUT2D eigenvalue weighted by Gasteiger charge is -2.19. The number of hydrogen-bond acceptors (Lipinski definition) is 6. The summed E-state index contributed by atoms with van der Waals surface area (Å²) < 4.78 is 10.5. The minimum absolute atomic E-state index is 0.503. The van der Waals surface area contributed by atoms with Gasteiger partial charge < -0.3 is 9.47 Å². The third-order valence-corrected chi connectivity index (χ3v) is 4.30. The molecular formula is C26H30N4O4. The van der Waals surface area contributed by atoms with Crippen LogP contribution in [0.1, 0.15) is 41.5 Å². The van der Waals surface area contributed by atoms with E-state index in [1.165, 1.54) is 0 Å². The van der Waals surface area contributed by atoms with E-state index in [4.69, 9.17) is 9.47 Å². The minimum atomic E-state index is -0.559. The molecule has 3 rings (SSSR count). The van der Waals surface area contributed by atoms with E-state index in [-0.39, 0.29) is 0 Å². The average Bonchev–Trinajstić information content (AvgIpc) is 2.72. The van der Waals surface area contributed by atoms with Crippen LogP contribution in [0, 0.1) is 0 Å². The fraction of sp³-hybridized carbons (Fsp3) is 0.308. The Morgan fingerprint density at radius 3 is 1.21 bits per heavy atom. The summed E-state index contributed by atoms with van der Waals surface area (Å²) in [4.78, 5) is 32.8. The van der Waals surface area contributed by atoms with Gasteiger partial charge in [-0.05, 0) is 65.8 Å². The molecule has 2 amide bonds. The van der Waals surface area contributed by atoms with Gasteiger partial charge in [-0.25, -0.2) is 9.59 Å². The third-order valence-electron chi connectivity index (χ3n) is 4.30. The Kier molecular flexibility index (Phi) is 7.20. The van der Waals surface area contributed by atoms with Gasteiger partial charge in [0.1, 0.15) is 11.2 Å². The first-order valence-corrected chi connectivity index (χ1v) is 10.9. The van der Waals surface area contributed by atoms with E-state index in [0.717, 1.165) is 11.1 Å². The summed E-state index contributed by atoms with van der Waals surface area (Å²) in [6.45, 7) is 10.9. The van der Waals surface area contributed by atoms with Crippen molar-refractivity contribution in [2.45, 2.75) is 52.7 Å². The summed E-state index contributed by atoms with van der Waals surface area (Å²) in [6, 6.07) is 14.6. The number of carbonyl (C=O) groups is 2. The van der Waals surface area contributed by atoms with Gasteiger partial charge in [0, 0.05) is 22.5 Å². The summed E-state index contributed by atoms with van der Waals surface area (Å²) in [5, 5.41) is 5.41. The predicted molar refractivity (Wildman–Crippen MR) is 133 cm³/mol. The second kappa shape index (κ2) is 9.91. The quantitative estimate of drug-likeness (QED) is 0.458. The smallest absolute Gasteiger partial charge is 0.412 e. The molecule has 0 saturated carbocycles. The van der Waals surface area contributed by atoms with Gasteiger partial charge in [0.15, 0.2) is 0 Å². The monoisotopic (exact) mass is 462 g/mol. The third kappa shape index (κ3) is 7.58. The van der Waals surface area contributed by atoms with Crippen LogP contribution in [0.3, 0.4) is 0 Å². The first-order chi connectivity index (χ1) is 15.9. The Morgan fingerprint density at radius 1 is 0.618 bits per heavy atom. The number of ether oxygens (including phenoxy) is 2. The van der Waals surface area contributed by atoms with E-state index in [2.05, 4.69) is 20.6 Å². The van der Waals surface area contributed by atoms with Crippen LogP contribution in [0.4, 0.5) is 21.0 Å². The summed E-state index contributed by atoms with van der Waals surface area (Å²) >= 11 is 0. The molecule has 0 aliphatic rings. The Balaban J connectivity index is 1.62. The molecule has 0 spiro atoms. The fourth-order valence-electron chi connectivity index (χ4n) is 2.92. The van der Waals surface area contributed by atoms with Crippen molar-refractivity contribution in [1.29, 1.82) is 0 Å². The summed E-state index contributed by atoms with van der Waals surface area (Å²) in [5.41, 5.74) is 3.28. The number of nitrogens with one attached hydrogen (secondary N) is 2. The molecule has 3 aromatic rings. The van der Waals surface area contributed by atoms with Crippen molar-refractivity contribution in [2.24, 2.45) is 0 Å². The van der Waals surface area contributed by atoms with Crippen LogP contribution < -0.4 is 10.6 Å². The predicted octanol–water partition coefficient (Wildman–Crippen LogP) is 6.50. The first kappa shape index (κ1) is 24.7. The Bertz CT molecular complexity index is 1040. The van der Waals surface area contributed by atoms with Gasteiger partial charge in [-0.2, -0.15) is 0 Å². The molecular weight excluding hydrogens is 432 g/mol. The summed E-state index contributed by atoms with van der Waals surface area (Å²) in [7, 11) is 0. The van der Waals surface area contributed by atoms with Gasteiger partial charge >= 0.3 is 12.2 Å².